The van der Waals surface area contributed by atoms with Crippen LogP contribution in [0.1, 0.15) is 6.92 Å². The second-order valence-corrected chi connectivity index (χ2v) is 6.52. The Balaban J connectivity index is 1.98. The van der Waals surface area contributed by atoms with Crippen LogP contribution in [-0.4, -0.2) is 32.7 Å². The number of nitrogens with zero attached hydrogens (tertiary/aromatic N) is 3. The third kappa shape index (κ3) is 4.60. The number of anilines is 3. The number of aliphatic hydroxyl groups is 1. The average Bonchev–Trinajstić information content (AvgIpc) is 2.64. The number of rotatable bonds is 6. The summed E-state index contributed by atoms with van der Waals surface area (Å²) >= 11 is 12.2. The molecule has 2 aromatic heterocycles. The number of pyridine rings is 1. The van der Waals surface area contributed by atoms with E-state index in [0.717, 1.165) is 5.56 Å². The first-order chi connectivity index (χ1) is 12.5. The second-order valence-electron chi connectivity index (χ2n) is 5.68. The lowest BCUT2D eigenvalue weighted by molar-refractivity contribution is 0.281. The van der Waals surface area contributed by atoms with Crippen LogP contribution in [0.5, 0.6) is 0 Å². The van der Waals surface area contributed by atoms with Gasteiger partial charge in [-0.15, -0.1) is 0 Å². The van der Waals surface area contributed by atoms with E-state index in [1.165, 1.54) is 0 Å². The van der Waals surface area contributed by atoms with Crippen molar-refractivity contribution in [3.8, 4) is 11.3 Å². The van der Waals surface area contributed by atoms with Gasteiger partial charge in [0, 0.05) is 35.1 Å². The third-order valence-electron chi connectivity index (χ3n) is 3.55. The molecule has 0 radical (unpaired) electrons. The van der Waals surface area contributed by atoms with E-state index in [9.17, 15) is 5.11 Å². The number of benzene rings is 1. The number of hydrogen-bond acceptors (Lipinski definition) is 6. The van der Waals surface area contributed by atoms with Crippen LogP contribution < -0.4 is 10.6 Å². The van der Waals surface area contributed by atoms with Crippen molar-refractivity contribution in [2.75, 3.05) is 17.2 Å². The first-order valence-electron chi connectivity index (χ1n) is 7.94. The van der Waals surface area contributed by atoms with Gasteiger partial charge in [0.25, 0.3) is 0 Å². The van der Waals surface area contributed by atoms with Gasteiger partial charge < -0.3 is 15.7 Å². The van der Waals surface area contributed by atoms with Crippen LogP contribution in [0, 0.1) is 0 Å². The third-order valence-corrected chi connectivity index (χ3v) is 4.09. The van der Waals surface area contributed by atoms with E-state index < -0.39 is 0 Å². The number of hydrogen-bond donors (Lipinski definition) is 3. The van der Waals surface area contributed by atoms with Crippen molar-refractivity contribution in [2.45, 2.75) is 13.0 Å². The number of halogens is 2. The lowest BCUT2D eigenvalue weighted by Gasteiger charge is -2.14. The Labute approximate surface area is 161 Å². The molecule has 0 aliphatic heterocycles. The number of aromatic nitrogens is 3. The van der Waals surface area contributed by atoms with Crippen molar-refractivity contribution < 1.29 is 5.11 Å². The molecule has 0 saturated heterocycles. The van der Waals surface area contributed by atoms with E-state index in [1.54, 1.807) is 30.6 Å². The molecule has 0 aliphatic carbocycles. The van der Waals surface area contributed by atoms with Gasteiger partial charge in [-0.1, -0.05) is 23.2 Å². The summed E-state index contributed by atoms with van der Waals surface area (Å²) in [6, 6.07) is 10.5. The summed E-state index contributed by atoms with van der Waals surface area (Å²) in [7, 11) is 0. The largest absolute Gasteiger partial charge is 0.394 e. The summed E-state index contributed by atoms with van der Waals surface area (Å²) in [5, 5.41) is 16.6. The molecular weight excluding hydrogens is 373 g/mol. The Morgan fingerprint density at radius 1 is 1.08 bits per heavy atom. The summed E-state index contributed by atoms with van der Waals surface area (Å²) in [5.74, 6) is 0.956. The Morgan fingerprint density at radius 2 is 1.85 bits per heavy atom. The molecule has 3 rings (SSSR count). The van der Waals surface area contributed by atoms with E-state index >= 15 is 0 Å². The quantitative estimate of drug-likeness (QED) is 0.579. The molecule has 0 bridgehead atoms. The van der Waals surface area contributed by atoms with Gasteiger partial charge in [0.05, 0.1) is 23.0 Å². The summed E-state index contributed by atoms with van der Waals surface area (Å²) < 4.78 is 0. The van der Waals surface area contributed by atoms with E-state index in [-0.39, 0.29) is 12.6 Å². The normalized spacial score (nSPS) is 11.8. The zero-order chi connectivity index (χ0) is 18.5. The summed E-state index contributed by atoms with van der Waals surface area (Å²) in [4.78, 5) is 13.0. The van der Waals surface area contributed by atoms with Crippen LogP contribution in [0.15, 0.2) is 48.8 Å². The number of aliphatic hydroxyl groups excluding tert-OH is 1. The number of nitrogens with one attached hydrogen (secondary N) is 2. The minimum absolute atomic E-state index is 0.0331. The molecular formula is C18H17Cl2N5O. The molecule has 0 spiro atoms. The summed E-state index contributed by atoms with van der Waals surface area (Å²) in [6.45, 7) is 1.81. The standard InChI is InChI=1S/C18H17Cl2N5O/c1-11(10-26)22-18-24-16(12-4-6-21-7-5-12)9-17(25-18)23-15-3-2-13(19)8-14(15)20/h2-9,11,26H,10H2,1H3,(H2,22,23,24,25)/t11-/m0/s1. The predicted molar refractivity (Wildman–Crippen MR) is 105 cm³/mol. The van der Waals surface area contributed by atoms with Crippen molar-refractivity contribution >= 4 is 40.7 Å². The molecule has 1 aromatic carbocycles. The molecule has 2 heterocycles. The highest BCUT2D eigenvalue weighted by atomic mass is 35.5. The molecule has 0 aliphatic rings. The van der Waals surface area contributed by atoms with Crippen molar-refractivity contribution in [3.63, 3.8) is 0 Å². The Morgan fingerprint density at radius 3 is 2.54 bits per heavy atom. The first-order valence-corrected chi connectivity index (χ1v) is 8.69. The fraction of sp³-hybridized carbons (Fsp3) is 0.167. The zero-order valence-electron chi connectivity index (χ0n) is 13.9. The van der Waals surface area contributed by atoms with Gasteiger partial charge in [-0.3, -0.25) is 4.98 Å². The minimum Gasteiger partial charge on any atom is -0.394 e. The fourth-order valence-electron chi connectivity index (χ4n) is 2.24. The van der Waals surface area contributed by atoms with Crippen molar-refractivity contribution in [2.24, 2.45) is 0 Å². The maximum atomic E-state index is 9.28. The molecule has 26 heavy (non-hydrogen) atoms. The molecule has 134 valence electrons. The van der Waals surface area contributed by atoms with Crippen LogP contribution >= 0.6 is 23.2 Å². The first kappa shape index (κ1) is 18.4. The summed E-state index contributed by atoms with van der Waals surface area (Å²) in [5.41, 5.74) is 2.28. The second kappa shape index (κ2) is 8.31. The van der Waals surface area contributed by atoms with Crippen LogP contribution in [0.4, 0.5) is 17.5 Å². The lowest BCUT2D eigenvalue weighted by Crippen LogP contribution is -2.21. The van der Waals surface area contributed by atoms with Crippen LogP contribution in [-0.2, 0) is 0 Å². The van der Waals surface area contributed by atoms with Gasteiger partial charge >= 0.3 is 0 Å². The molecule has 0 fully saturated rings. The predicted octanol–water partition coefficient (Wildman–Crippen LogP) is 4.38. The smallest absolute Gasteiger partial charge is 0.225 e. The Hall–Kier alpha value is -2.41. The van der Waals surface area contributed by atoms with Gasteiger partial charge in [-0.2, -0.15) is 4.98 Å². The van der Waals surface area contributed by atoms with Crippen molar-refractivity contribution in [3.05, 3.63) is 58.8 Å². The van der Waals surface area contributed by atoms with E-state index in [0.29, 0.717) is 33.2 Å². The summed E-state index contributed by atoms with van der Waals surface area (Å²) in [6.07, 6.45) is 3.40. The highest BCUT2D eigenvalue weighted by Gasteiger charge is 2.10. The Kier molecular flexibility index (Phi) is 5.88. The Bertz CT molecular complexity index is 892. The van der Waals surface area contributed by atoms with Crippen molar-refractivity contribution in [1.82, 2.24) is 15.0 Å². The molecule has 1 atom stereocenters. The molecule has 0 saturated carbocycles. The SMILES string of the molecule is C[C@@H](CO)Nc1nc(Nc2ccc(Cl)cc2Cl)cc(-c2ccncc2)n1. The molecule has 0 amide bonds. The molecule has 8 heteroatoms. The van der Waals surface area contributed by atoms with Crippen LogP contribution in [0.25, 0.3) is 11.3 Å². The monoisotopic (exact) mass is 389 g/mol. The maximum absolute atomic E-state index is 9.28. The molecule has 3 N–H and O–H groups in total. The molecule has 6 nitrogen and oxygen atoms in total. The lowest BCUT2D eigenvalue weighted by atomic mass is 10.2. The van der Waals surface area contributed by atoms with Crippen LogP contribution in [0.2, 0.25) is 10.0 Å². The zero-order valence-corrected chi connectivity index (χ0v) is 15.5. The molecule has 3 aromatic rings. The van der Waals surface area contributed by atoms with Gasteiger partial charge in [-0.05, 0) is 37.3 Å². The van der Waals surface area contributed by atoms with Gasteiger partial charge in [0.1, 0.15) is 5.82 Å². The maximum Gasteiger partial charge on any atom is 0.225 e. The molecule has 0 unspecified atom stereocenters. The van der Waals surface area contributed by atoms with E-state index in [4.69, 9.17) is 23.2 Å². The highest BCUT2D eigenvalue weighted by molar-refractivity contribution is 6.36. The van der Waals surface area contributed by atoms with Crippen molar-refractivity contribution in [1.29, 1.82) is 0 Å². The van der Waals surface area contributed by atoms with E-state index in [1.807, 2.05) is 25.1 Å². The van der Waals surface area contributed by atoms with Gasteiger partial charge in [-0.25, -0.2) is 4.98 Å². The van der Waals surface area contributed by atoms with E-state index in [2.05, 4.69) is 25.6 Å². The van der Waals surface area contributed by atoms with Crippen LogP contribution in [0.3, 0.4) is 0 Å². The van der Waals surface area contributed by atoms with Gasteiger partial charge in [0.2, 0.25) is 5.95 Å². The average molecular weight is 390 g/mol. The van der Waals surface area contributed by atoms with Gasteiger partial charge in [0.15, 0.2) is 0 Å². The minimum atomic E-state index is -0.186. The fourth-order valence-corrected chi connectivity index (χ4v) is 2.70. The highest BCUT2D eigenvalue weighted by Crippen LogP contribution is 2.29. The topological polar surface area (TPSA) is 83.0 Å².